The minimum atomic E-state index is -0.889. The Bertz CT molecular complexity index is 3240. The molecule has 5 atom stereocenters. The molecular weight excluding hydrogens is 1110 g/mol. The van der Waals surface area contributed by atoms with Crippen molar-refractivity contribution in [1.82, 2.24) is 45.8 Å². The fourth-order valence-electron chi connectivity index (χ4n) is 12.1. The number of nitrogen functional groups attached to an aromatic ring is 1. The summed E-state index contributed by atoms with van der Waals surface area (Å²) in [5.41, 5.74) is 14.9. The third kappa shape index (κ3) is 15.8. The Kier molecular flexibility index (Phi) is 21.7. The first-order chi connectivity index (χ1) is 41.9. The number of rotatable bonds is 25. The minimum absolute atomic E-state index is 0.159. The van der Waals surface area contributed by atoms with Crippen molar-refractivity contribution < 1.29 is 52.0 Å². The third-order valence-corrected chi connectivity index (χ3v) is 16.9. The smallest absolute Gasteiger partial charge is 0.254 e. The van der Waals surface area contributed by atoms with Crippen LogP contribution in [0.2, 0.25) is 0 Å². The maximum atomic E-state index is 14.7. The summed E-state index contributed by atoms with van der Waals surface area (Å²) >= 11 is 0. The van der Waals surface area contributed by atoms with Gasteiger partial charge in [-0.25, -0.2) is 9.37 Å². The van der Waals surface area contributed by atoms with Gasteiger partial charge >= 0.3 is 0 Å². The highest BCUT2D eigenvalue weighted by Gasteiger charge is 2.43. The molecule has 1 aliphatic carbocycles. The third-order valence-electron chi connectivity index (χ3n) is 16.9. The summed E-state index contributed by atoms with van der Waals surface area (Å²) in [6.45, 7) is 14.1. The molecule has 1 saturated heterocycles. The average Bonchev–Trinajstić information content (AvgIpc) is 1.89. The van der Waals surface area contributed by atoms with Crippen LogP contribution in [0.4, 0.5) is 15.9 Å². The second-order valence-electron chi connectivity index (χ2n) is 24.0. The molecule has 9 rings (SSSR count). The number of carbonyl (C=O) groups is 5. The number of pyridine rings is 1. The molecule has 5 heterocycles. The molecule has 3 aromatic carbocycles. The van der Waals surface area contributed by atoms with Crippen LogP contribution in [0.25, 0.3) is 11.1 Å². The minimum Gasteiger partial charge on any atom is -0.491 e. The van der Waals surface area contributed by atoms with Crippen molar-refractivity contribution in [3.05, 3.63) is 124 Å². The highest BCUT2D eigenvalue weighted by Crippen LogP contribution is 2.43. The SMILES string of the molecule is CN[C@@H](C)C(=O)N[C@H](C(=O)N1Cc2cc(OCCOCCOCCOCCOCCC(=O)NCCn3nc4c(c3C)-c3cnc(N)c(c3)N3CCC[C@@H]3c3cc(F)ccc3C(=O)N(C)C4)ccc2C[C@H]1C(=O)N[C@@H]1CCCc2ccccc21)C(C)(C)C. The summed E-state index contributed by atoms with van der Waals surface area (Å²) in [5, 5.41) is 17.1. The van der Waals surface area contributed by atoms with Gasteiger partial charge in [-0.3, -0.25) is 28.7 Å². The van der Waals surface area contributed by atoms with Gasteiger partial charge in [0.2, 0.25) is 23.6 Å². The van der Waals surface area contributed by atoms with E-state index < -0.39 is 29.4 Å². The van der Waals surface area contributed by atoms with Gasteiger partial charge in [0.05, 0.1) is 95.5 Å². The molecule has 2 bridgehead atoms. The molecule has 4 aliphatic rings. The number of ether oxygens (including phenoxy) is 5. The molecule has 87 heavy (non-hydrogen) atoms. The van der Waals surface area contributed by atoms with Gasteiger partial charge in [-0.1, -0.05) is 51.1 Å². The van der Waals surface area contributed by atoms with E-state index in [1.54, 1.807) is 43.1 Å². The fourth-order valence-corrected chi connectivity index (χ4v) is 12.1. The van der Waals surface area contributed by atoms with Gasteiger partial charge in [-0.05, 0) is 123 Å². The van der Waals surface area contributed by atoms with Crippen molar-refractivity contribution in [1.29, 1.82) is 0 Å². The molecule has 468 valence electrons. The lowest BCUT2D eigenvalue weighted by Gasteiger charge is -2.41. The Morgan fingerprint density at radius 2 is 1.56 bits per heavy atom. The van der Waals surface area contributed by atoms with Gasteiger partial charge in [0.25, 0.3) is 5.91 Å². The number of nitrogens with zero attached hydrogens (tertiary/aromatic N) is 6. The Labute approximate surface area is 509 Å². The highest BCUT2D eigenvalue weighted by atomic mass is 19.1. The van der Waals surface area contributed by atoms with Crippen molar-refractivity contribution in [2.75, 3.05) is 97.3 Å². The van der Waals surface area contributed by atoms with Crippen LogP contribution in [0.15, 0.2) is 72.9 Å². The van der Waals surface area contributed by atoms with Crippen molar-refractivity contribution in [2.24, 2.45) is 5.41 Å². The van der Waals surface area contributed by atoms with Crippen molar-refractivity contribution in [2.45, 2.75) is 129 Å². The summed E-state index contributed by atoms with van der Waals surface area (Å²) in [7, 11) is 3.41. The predicted octanol–water partition coefficient (Wildman–Crippen LogP) is 6.14. The maximum absolute atomic E-state index is 14.7. The number of amides is 5. The van der Waals surface area contributed by atoms with Gasteiger partial charge < -0.3 is 65.4 Å². The number of aromatic nitrogens is 3. The van der Waals surface area contributed by atoms with Crippen molar-refractivity contribution in [3.8, 4) is 16.9 Å². The van der Waals surface area contributed by atoms with E-state index in [-0.39, 0.29) is 74.3 Å². The van der Waals surface area contributed by atoms with Crippen LogP contribution in [-0.2, 0) is 70.6 Å². The number of halogens is 1. The van der Waals surface area contributed by atoms with Gasteiger partial charge in [-0.2, -0.15) is 5.10 Å². The number of hydrogen-bond acceptors (Lipinski definition) is 15. The number of nitrogens with one attached hydrogen (secondary N) is 4. The van der Waals surface area contributed by atoms with E-state index in [9.17, 15) is 28.4 Å². The number of anilines is 2. The molecule has 6 N–H and O–H groups in total. The topological polar surface area (TPSA) is 246 Å². The molecule has 1 fully saturated rings. The Balaban J connectivity index is 0.660. The van der Waals surface area contributed by atoms with E-state index in [2.05, 4.69) is 43.3 Å². The van der Waals surface area contributed by atoms with Crippen molar-refractivity contribution in [3.63, 3.8) is 0 Å². The van der Waals surface area contributed by atoms with Crippen LogP contribution in [-0.4, -0.2) is 159 Å². The summed E-state index contributed by atoms with van der Waals surface area (Å²) in [6.07, 6.45) is 6.51. The summed E-state index contributed by atoms with van der Waals surface area (Å²) in [5.74, 6) is -0.677. The zero-order chi connectivity index (χ0) is 61.8. The standard InChI is InChI=1S/C65H86FN11O10/c1-41(68-6)61(79)72-59(65(3,4)5)64(82)76-39-46-34-48(19-17-44(46)35-56(76)62(80)71-52-15-10-13-43-12-8-9-14-49(43)52)87-33-32-86-31-30-85-29-28-84-27-26-83-25-21-57(78)69-22-24-77-42(2)58-45-36-55(60(67)70-38-45)75-23-11-16-54(75)51-37-47(66)18-20-50(51)63(81)74(7)40-53(58)73-77/h8-9,12,14,17-20,34,36-38,41,52,54,56,59,68H,10-11,13,15-16,21-33,35,39-40H2,1-7H3,(H2,67,70)(H,69,78)(H,71,80)(H,72,79)/t41-,52+,54+,56-,59+/m0/s1. The molecular formula is C65H86FN11O10. The second-order valence-corrected chi connectivity index (χ2v) is 24.0. The first-order valence-corrected chi connectivity index (χ1v) is 30.5. The van der Waals surface area contributed by atoms with E-state index in [1.807, 2.05) is 68.8 Å². The van der Waals surface area contributed by atoms with E-state index >= 15 is 0 Å². The van der Waals surface area contributed by atoms with Crippen LogP contribution in [0, 0.1) is 18.2 Å². The lowest BCUT2D eigenvalue weighted by molar-refractivity contribution is -0.147. The number of carbonyl (C=O) groups excluding carboxylic acids is 5. The number of hydrogen-bond donors (Lipinski definition) is 5. The maximum Gasteiger partial charge on any atom is 0.254 e. The van der Waals surface area contributed by atoms with E-state index in [0.717, 1.165) is 71.3 Å². The van der Waals surface area contributed by atoms with Gasteiger partial charge in [0.1, 0.15) is 36.1 Å². The number of fused-ring (bicyclic) bond motifs is 10. The van der Waals surface area contributed by atoms with Crippen LogP contribution in [0.5, 0.6) is 5.75 Å². The Morgan fingerprint density at radius 1 is 0.839 bits per heavy atom. The highest BCUT2D eigenvalue weighted by molar-refractivity contribution is 5.96. The molecule has 5 aromatic rings. The summed E-state index contributed by atoms with van der Waals surface area (Å²) < 4.78 is 45.4. The van der Waals surface area contributed by atoms with Gasteiger partial charge in [-0.15, -0.1) is 0 Å². The first kappa shape index (κ1) is 64.0. The number of likely N-dealkylation sites (N-methyl/N-ethyl adjacent to an activating group) is 1. The second kappa shape index (κ2) is 29.5. The normalized spacial score (nSPS) is 18.0. The van der Waals surface area contributed by atoms with E-state index in [4.69, 9.17) is 34.5 Å². The zero-order valence-corrected chi connectivity index (χ0v) is 51.4. The van der Waals surface area contributed by atoms with Crippen LogP contribution in [0.1, 0.15) is 121 Å². The molecule has 0 saturated carbocycles. The van der Waals surface area contributed by atoms with Gasteiger partial charge in [0.15, 0.2) is 0 Å². The largest absolute Gasteiger partial charge is 0.491 e. The first-order valence-electron chi connectivity index (χ1n) is 30.5. The Hall–Kier alpha value is -7.50. The van der Waals surface area contributed by atoms with E-state index in [1.165, 1.54) is 17.7 Å². The lowest BCUT2D eigenvalue weighted by Crippen LogP contribution is -2.62. The molecule has 2 aromatic heterocycles. The number of aryl methyl sites for hydroxylation is 1. The average molecular weight is 1200 g/mol. The number of nitrogens with two attached hydrogens (primary N) is 1. The molecule has 0 spiro atoms. The van der Waals surface area contributed by atoms with Crippen LogP contribution >= 0.6 is 0 Å². The molecule has 3 aliphatic heterocycles. The predicted molar refractivity (Wildman–Crippen MR) is 327 cm³/mol. The van der Waals surface area contributed by atoms with E-state index in [0.29, 0.717) is 101 Å². The number of benzene rings is 3. The summed E-state index contributed by atoms with van der Waals surface area (Å²) in [6, 6.07) is 17.7. The molecule has 22 heteroatoms. The molecule has 0 unspecified atom stereocenters. The Morgan fingerprint density at radius 3 is 2.30 bits per heavy atom. The zero-order valence-electron chi connectivity index (χ0n) is 51.4. The van der Waals surface area contributed by atoms with Crippen LogP contribution < -0.4 is 36.6 Å². The molecule has 21 nitrogen and oxygen atoms in total. The van der Waals surface area contributed by atoms with Crippen molar-refractivity contribution >= 4 is 41.0 Å². The fraction of sp³-hybridized carbons (Fsp3) is 0.523. The molecule has 5 amide bonds. The summed E-state index contributed by atoms with van der Waals surface area (Å²) in [4.78, 5) is 79.1. The quantitative estimate of drug-likeness (QED) is 0.0412. The monoisotopic (exact) mass is 1200 g/mol. The molecule has 0 radical (unpaired) electrons. The van der Waals surface area contributed by atoms with Crippen LogP contribution in [0.3, 0.4) is 0 Å². The lowest BCUT2D eigenvalue weighted by atomic mass is 9.83. The van der Waals surface area contributed by atoms with Gasteiger partial charge in [0, 0.05) is 68.1 Å².